The van der Waals surface area contributed by atoms with Crippen LogP contribution in [0.1, 0.15) is 309 Å². The standard InChI is InChI=1S/C69H122N4O2/c1-15-23-35-56(36-24-16-2)58-49-60-53-70-64-39-31-32-40-65(64)71-54-61-50-59(52-63(69(12,13)14)67(61)75-55-74-66(60)62(51-58)68(9,10)11)57(37-33-47-72(41-25-17-3,42-26-18-4)43-27-19-5)38-34-48-73(44-28-20-6,45-29-21-7)46-30-22-8/h49-54,56-57,64-65H,15-48,55H2,1-14H3/q+2. The minimum absolute atomic E-state index is 0.127. The molecule has 75 heavy (non-hydrogen) atoms. The minimum atomic E-state index is -0.155. The van der Waals surface area contributed by atoms with Gasteiger partial charge in [-0.05, 0) is 136 Å². The zero-order chi connectivity index (χ0) is 54.7. The molecule has 1 heterocycles. The average Bonchev–Trinajstić information content (AvgIpc) is 3.40. The number of ether oxygens (including phenoxy) is 2. The van der Waals surface area contributed by atoms with E-state index in [1.54, 1.807) is 0 Å². The maximum Gasteiger partial charge on any atom is 0.230 e. The number of fused-ring (bicyclic) bond motifs is 3. The molecule has 2 aliphatic rings. The van der Waals surface area contributed by atoms with E-state index in [0.29, 0.717) is 11.8 Å². The Morgan fingerprint density at radius 2 is 0.720 bits per heavy atom. The van der Waals surface area contributed by atoms with Crippen LogP contribution in [0.3, 0.4) is 0 Å². The maximum atomic E-state index is 7.15. The van der Waals surface area contributed by atoms with Gasteiger partial charge in [-0.25, -0.2) is 0 Å². The molecule has 0 N–H and O–H groups in total. The molecular weight excluding hydrogens is 917 g/mol. The predicted molar refractivity (Wildman–Crippen MR) is 330 cm³/mol. The van der Waals surface area contributed by atoms with Crippen molar-refractivity contribution in [3.63, 3.8) is 0 Å². The first-order valence-electron chi connectivity index (χ1n) is 32.5. The lowest BCUT2D eigenvalue weighted by molar-refractivity contribution is -0.929. The molecule has 0 saturated heterocycles. The van der Waals surface area contributed by atoms with Gasteiger partial charge in [-0.1, -0.05) is 186 Å². The van der Waals surface area contributed by atoms with Crippen molar-refractivity contribution < 1.29 is 18.4 Å². The summed E-state index contributed by atoms with van der Waals surface area (Å²) in [5, 5.41) is 0. The van der Waals surface area contributed by atoms with E-state index in [1.165, 1.54) is 238 Å². The fraction of sp³-hybridized carbons (Fsp3) is 0.797. The van der Waals surface area contributed by atoms with E-state index in [1.807, 2.05) is 0 Å². The van der Waals surface area contributed by atoms with Gasteiger partial charge in [0, 0.05) is 34.7 Å². The molecule has 2 atom stereocenters. The molecule has 1 aliphatic carbocycles. The molecule has 1 saturated carbocycles. The van der Waals surface area contributed by atoms with Crippen LogP contribution in [0, 0.1) is 0 Å². The summed E-state index contributed by atoms with van der Waals surface area (Å²) in [6.07, 6.45) is 37.1. The molecule has 0 aromatic heterocycles. The van der Waals surface area contributed by atoms with E-state index in [9.17, 15) is 0 Å². The highest BCUT2D eigenvalue weighted by molar-refractivity contribution is 5.86. The van der Waals surface area contributed by atoms with Crippen LogP contribution in [-0.2, 0) is 10.8 Å². The van der Waals surface area contributed by atoms with Gasteiger partial charge in [-0.15, -0.1) is 0 Å². The molecule has 0 bridgehead atoms. The molecule has 0 amide bonds. The monoisotopic (exact) mass is 1040 g/mol. The Morgan fingerprint density at radius 1 is 0.427 bits per heavy atom. The fourth-order valence-electron chi connectivity index (χ4n) is 12.9. The molecular formula is C69H122N4O2+2. The highest BCUT2D eigenvalue weighted by atomic mass is 16.7. The molecule has 0 radical (unpaired) electrons. The molecule has 0 spiro atoms. The summed E-state index contributed by atoms with van der Waals surface area (Å²) < 4.78 is 16.9. The number of quaternary nitrogens is 2. The van der Waals surface area contributed by atoms with Crippen LogP contribution in [0.5, 0.6) is 11.5 Å². The van der Waals surface area contributed by atoms with E-state index in [-0.39, 0.29) is 29.7 Å². The Balaban J connectivity index is 1.90. The quantitative estimate of drug-likeness (QED) is 0.0656. The second-order valence-electron chi connectivity index (χ2n) is 26.4. The van der Waals surface area contributed by atoms with Crippen LogP contribution in [0.15, 0.2) is 34.3 Å². The van der Waals surface area contributed by atoms with Crippen molar-refractivity contribution >= 4 is 12.4 Å². The van der Waals surface area contributed by atoms with Crippen molar-refractivity contribution in [1.82, 2.24) is 0 Å². The normalized spacial score (nSPS) is 16.7. The van der Waals surface area contributed by atoms with E-state index >= 15 is 0 Å². The van der Waals surface area contributed by atoms with Crippen molar-refractivity contribution in [3.05, 3.63) is 57.6 Å². The summed E-state index contributed by atoms with van der Waals surface area (Å²) in [4.78, 5) is 11.1. The first-order chi connectivity index (χ1) is 36.1. The second-order valence-corrected chi connectivity index (χ2v) is 26.4. The Kier molecular flexibility index (Phi) is 29.1. The molecule has 6 nitrogen and oxygen atoms in total. The van der Waals surface area contributed by atoms with Crippen LogP contribution in [0.4, 0.5) is 0 Å². The molecule has 1 aliphatic heterocycles. The zero-order valence-corrected chi connectivity index (χ0v) is 52.1. The third kappa shape index (κ3) is 20.8. The van der Waals surface area contributed by atoms with Gasteiger partial charge < -0.3 is 18.4 Å². The smallest absolute Gasteiger partial charge is 0.230 e. The second kappa shape index (κ2) is 33.7. The number of benzene rings is 2. The van der Waals surface area contributed by atoms with Crippen LogP contribution < -0.4 is 9.47 Å². The summed E-state index contributed by atoms with van der Waals surface area (Å²) in [5.41, 5.74) is 7.42. The van der Waals surface area contributed by atoms with Gasteiger partial charge in [0.1, 0.15) is 11.5 Å². The topological polar surface area (TPSA) is 43.2 Å². The first kappa shape index (κ1) is 64.8. The van der Waals surface area contributed by atoms with E-state index in [2.05, 4.69) is 134 Å². The van der Waals surface area contributed by atoms with Crippen molar-refractivity contribution in [2.75, 3.05) is 59.2 Å². The molecule has 6 heteroatoms. The van der Waals surface area contributed by atoms with E-state index in [4.69, 9.17) is 19.5 Å². The Bertz CT molecular complexity index is 1850. The van der Waals surface area contributed by atoms with Crippen LogP contribution >= 0.6 is 0 Å². The van der Waals surface area contributed by atoms with Gasteiger partial charge in [0.05, 0.1) is 64.4 Å². The number of nitrogens with zero attached hydrogens (tertiary/aromatic N) is 4. The minimum Gasteiger partial charge on any atom is -0.456 e. The fourth-order valence-corrected chi connectivity index (χ4v) is 12.9. The SMILES string of the molecule is CCCCC(CCCC)c1cc2c(c(C(C)(C)C)c1)OCOc1c(cc(C(CCC[N+](CCCC)(CCCC)CCCC)CCC[N+](CCCC)(CCCC)CCCC)cc1C(C)(C)C)C=NC1CCCCC1N=C2. The summed E-state index contributed by atoms with van der Waals surface area (Å²) in [7, 11) is 0. The molecule has 4 rings (SSSR count). The van der Waals surface area contributed by atoms with Crippen molar-refractivity contribution in [2.45, 2.75) is 299 Å². The zero-order valence-electron chi connectivity index (χ0n) is 52.1. The van der Waals surface area contributed by atoms with Gasteiger partial charge in [0.25, 0.3) is 0 Å². The Labute approximate surface area is 465 Å². The third-order valence-electron chi connectivity index (χ3n) is 17.8. The van der Waals surface area contributed by atoms with Gasteiger partial charge in [-0.3, -0.25) is 9.98 Å². The summed E-state index contributed by atoms with van der Waals surface area (Å²) in [5.74, 6) is 2.88. The molecule has 1 fully saturated rings. The maximum absolute atomic E-state index is 7.15. The molecule has 2 aromatic carbocycles. The number of hydrogen-bond acceptors (Lipinski definition) is 4. The van der Waals surface area contributed by atoms with Crippen molar-refractivity contribution in [2.24, 2.45) is 9.98 Å². The van der Waals surface area contributed by atoms with Crippen molar-refractivity contribution in [3.8, 4) is 11.5 Å². The summed E-state index contributed by atoms with van der Waals surface area (Å²) in [6.45, 7) is 44.0. The largest absolute Gasteiger partial charge is 0.456 e. The van der Waals surface area contributed by atoms with Gasteiger partial charge >= 0.3 is 0 Å². The van der Waals surface area contributed by atoms with Crippen LogP contribution in [0.2, 0.25) is 0 Å². The third-order valence-corrected chi connectivity index (χ3v) is 17.8. The number of hydrogen-bond donors (Lipinski definition) is 0. The van der Waals surface area contributed by atoms with E-state index in [0.717, 1.165) is 35.5 Å². The molecule has 428 valence electrons. The molecule has 2 aromatic rings. The van der Waals surface area contributed by atoms with E-state index < -0.39 is 0 Å². The highest BCUT2D eigenvalue weighted by Crippen LogP contribution is 2.42. The lowest BCUT2D eigenvalue weighted by Crippen LogP contribution is -2.51. The van der Waals surface area contributed by atoms with Crippen LogP contribution in [0.25, 0.3) is 0 Å². The Hall–Kier alpha value is -2.70. The van der Waals surface area contributed by atoms with Gasteiger partial charge in [-0.2, -0.15) is 0 Å². The predicted octanol–water partition coefficient (Wildman–Crippen LogP) is 19.4. The van der Waals surface area contributed by atoms with Gasteiger partial charge in [0.2, 0.25) is 6.79 Å². The van der Waals surface area contributed by atoms with Crippen LogP contribution in [-0.4, -0.2) is 92.6 Å². The molecule has 2 unspecified atom stereocenters. The lowest BCUT2D eigenvalue weighted by Gasteiger charge is -2.40. The summed E-state index contributed by atoms with van der Waals surface area (Å²) >= 11 is 0. The summed E-state index contributed by atoms with van der Waals surface area (Å²) in [6, 6.07) is 10.3. The first-order valence-corrected chi connectivity index (χ1v) is 32.5. The number of aliphatic imine (C=N–C) groups is 2. The highest BCUT2D eigenvalue weighted by Gasteiger charge is 2.32. The van der Waals surface area contributed by atoms with Gasteiger partial charge in [0.15, 0.2) is 0 Å². The number of rotatable bonds is 34. The van der Waals surface area contributed by atoms with Crippen molar-refractivity contribution in [1.29, 1.82) is 0 Å². The number of unbranched alkanes of at least 4 members (excludes halogenated alkanes) is 8. The average molecular weight is 1040 g/mol. The Morgan fingerprint density at radius 3 is 1.01 bits per heavy atom. The lowest BCUT2D eigenvalue weighted by atomic mass is 9.80.